The fourth-order valence-corrected chi connectivity index (χ4v) is 2.62. The summed E-state index contributed by atoms with van der Waals surface area (Å²) in [4.78, 5) is 13.9. The SMILES string of the molecule is O=C1N/C(=C/c2ccccc2F)C(=S)N1Cc1ccc(Cl)cc1. The molecule has 23 heavy (non-hydrogen) atoms. The first-order valence-electron chi connectivity index (χ1n) is 6.88. The Morgan fingerprint density at radius 3 is 2.57 bits per heavy atom. The second-order valence-corrected chi connectivity index (χ2v) is 5.85. The van der Waals surface area contributed by atoms with Gasteiger partial charge in [0.05, 0.1) is 12.2 Å². The molecule has 0 aromatic heterocycles. The second kappa shape index (κ2) is 6.48. The molecule has 2 aromatic carbocycles. The summed E-state index contributed by atoms with van der Waals surface area (Å²) in [6.45, 7) is 0.330. The van der Waals surface area contributed by atoms with Crippen molar-refractivity contribution in [3.8, 4) is 0 Å². The molecule has 0 radical (unpaired) electrons. The minimum absolute atomic E-state index is 0.326. The van der Waals surface area contributed by atoms with Crippen molar-refractivity contribution >= 4 is 40.9 Å². The van der Waals surface area contributed by atoms with E-state index in [4.69, 9.17) is 23.8 Å². The van der Waals surface area contributed by atoms with Crippen LogP contribution in [0.1, 0.15) is 11.1 Å². The Morgan fingerprint density at radius 2 is 1.87 bits per heavy atom. The summed E-state index contributed by atoms with van der Waals surface area (Å²) in [6.07, 6.45) is 1.54. The molecule has 1 N–H and O–H groups in total. The summed E-state index contributed by atoms with van der Waals surface area (Å²) in [6, 6.07) is 13.2. The van der Waals surface area contributed by atoms with Gasteiger partial charge in [-0.25, -0.2) is 9.18 Å². The van der Waals surface area contributed by atoms with Crippen molar-refractivity contribution in [1.29, 1.82) is 0 Å². The molecule has 2 amide bonds. The van der Waals surface area contributed by atoms with Crippen LogP contribution in [0, 0.1) is 5.82 Å². The fraction of sp³-hybridized carbons (Fsp3) is 0.0588. The first-order valence-corrected chi connectivity index (χ1v) is 7.67. The van der Waals surface area contributed by atoms with Gasteiger partial charge in [-0.1, -0.05) is 54.2 Å². The van der Waals surface area contributed by atoms with Crippen LogP contribution in [0.25, 0.3) is 6.08 Å². The predicted octanol–water partition coefficient (Wildman–Crippen LogP) is 4.37. The summed E-state index contributed by atoms with van der Waals surface area (Å²) < 4.78 is 13.7. The number of nitrogens with zero attached hydrogens (tertiary/aromatic N) is 1. The Hall–Kier alpha value is -2.24. The highest BCUT2D eigenvalue weighted by Gasteiger charge is 2.30. The number of hydrogen-bond donors (Lipinski definition) is 1. The Kier molecular flexibility index (Phi) is 4.41. The van der Waals surface area contributed by atoms with Gasteiger partial charge in [0.25, 0.3) is 0 Å². The van der Waals surface area contributed by atoms with Gasteiger partial charge < -0.3 is 5.32 Å². The van der Waals surface area contributed by atoms with E-state index in [0.717, 1.165) is 5.56 Å². The number of thiocarbonyl (C=S) groups is 1. The molecule has 1 aliphatic rings. The van der Waals surface area contributed by atoms with Crippen molar-refractivity contribution in [2.45, 2.75) is 6.54 Å². The van der Waals surface area contributed by atoms with E-state index in [0.29, 0.717) is 27.8 Å². The van der Waals surface area contributed by atoms with Crippen LogP contribution < -0.4 is 5.32 Å². The Balaban J connectivity index is 1.82. The van der Waals surface area contributed by atoms with Gasteiger partial charge in [0.2, 0.25) is 0 Å². The standard InChI is InChI=1S/C17H12ClFN2OS/c18-13-7-5-11(6-8-13)10-21-16(23)15(20-17(21)22)9-12-3-1-2-4-14(12)19/h1-9H,10H2,(H,20,22)/b15-9+. The van der Waals surface area contributed by atoms with Gasteiger partial charge >= 0.3 is 6.03 Å². The van der Waals surface area contributed by atoms with Gasteiger partial charge in [0, 0.05) is 10.6 Å². The highest BCUT2D eigenvalue weighted by Crippen LogP contribution is 2.20. The summed E-state index contributed by atoms with van der Waals surface area (Å²) >= 11 is 11.2. The highest BCUT2D eigenvalue weighted by atomic mass is 35.5. The first kappa shape index (κ1) is 15.6. The van der Waals surface area contributed by atoms with Crippen molar-refractivity contribution in [3.63, 3.8) is 0 Å². The van der Waals surface area contributed by atoms with Crippen molar-refractivity contribution in [2.75, 3.05) is 0 Å². The number of amides is 2. The molecule has 116 valence electrons. The van der Waals surface area contributed by atoms with Crippen LogP contribution in [0.3, 0.4) is 0 Å². The molecule has 0 aliphatic carbocycles. The van der Waals surface area contributed by atoms with Crippen LogP contribution in [0.4, 0.5) is 9.18 Å². The summed E-state index contributed by atoms with van der Waals surface area (Å²) in [5, 5.41) is 3.30. The van der Waals surface area contributed by atoms with Crippen LogP contribution in [0.2, 0.25) is 5.02 Å². The number of rotatable bonds is 3. The number of benzene rings is 2. The maximum atomic E-state index is 13.7. The van der Waals surface area contributed by atoms with Crippen molar-refractivity contribution in [3.05, 3.63) is 76.2 Å². The van der Waals surface area contributed by atoms with E-state index in [1.54, 1.807) is 30.3 Å². The van der Waals surface area contributed by atoms with Crippen LogP contribution in [0.5, 0.6) is 0 Å². The highest BCUT2D eigenvalue weighted by molar-refractivity contribution is 7.80. The van der Waals surface area contributed by atoms with Gasteiger partial charge in [-0.15, -0.1) is 0 Å². The molecular formula is C17H12ClFN2OS. The lowest BCUT2D eigenvalue weighted by molar-refractivity contribution is 0.228. The molecule has 0 unspecified atom stereocenters. The van der Waals surface area contributed by atoms with Gasteiger partial charge in [-0.2, -0.15) is 0 Å². The molecule has 0 spiro atoms. The second-order valence-electron chi connectivity index (χ2n) is 5.03. The van der Waals surface area contributed by atoms with E-state index in [9.17, 15) is 9.18 Å². The Labute approximate surface area is 143 Å². The summed E-state index contributed by atoms with van der Waals surface area (Å²) in [5.74, 6) is -0.367. The molecule has 1 fully saturated rings. The topological polar surface area (TPSA) is 32.3 Å². The number of carbonyl (C=O) groups excluding carboxylic acids is 1. The smallest absolute Gasteiger partial charge is 0.305 e. The van der Waals surface area contributed by atoms with Crippen molar-refractivity contribution in [1.82, 2.24) is 10.2 Å². The summed E-state index contributed by atoms with van der Waals surface area (Å²) in [5.41, 5.74) is 1.70. The molecule has 3 rings (SSSR count). The van der Waals surface area contributed by atoms with Crippen molar-refractivity contribution in [2.24, 2.45) is 0 Å². The van der Waals surface area contributed by atoms with E-state index in [-0.39, 0.29) is 11.8 Å². The van der Waals surface area contributed by atoms with Gasteiger partial charge in [0.15, 0.2) is 0 Å². The zero-order chi connectivity index (χ0) is 16.4. The minimum atomic E-state index is -0.367. The number of hydrogen-bond acceptors (Lipinski definition) is 2. The lowest BCUT2D eigenvalue weighted by Crippen LogP contribution is -2.29. The molecular weight excluding hydrogens is 335 g/mol. The zero-order valence-corrected chi connectivity index (χ0v) is 13.5. The molecule has 0 bridgehead atoms. The molecule has 0 atom stereocenters. The summed E-state index contributed by atoms with van der Waals surface area (Å²) in [7, 11) is 0. The molecule has 1 aliphatic heterocycles. The van der Waals surface area contributed by atoms with Crippen molar-refractivity contribution < 1.29 is 9.18 Å². The maximum Gasteiger partial charge on any atom is 0.327 e. The molecule has 2 aromatic rings. The average Bonchev–Trinajstić information content (AvgIpc) is 2.79. The van der Waals surface area contributed by atoms with Crippen LogP contribution in [-0.4, -0.2) is 15.9 Å². The third-order valence-electron chi connectivity index (χ3n) is 3.42. The molecule has 6 heteroatoms. The molecule has 0 saturated carbocycles. The monoisotopic (exact) mass is 346 g/mol. The van der Waals surface area contributed by atoms with Crippen LogP contribution in [-0.2, 0) is 6.54 Å². The molecule has 3 nitrogen and oxygen atoms in total. The van der Waals surface area contributed by atoms with E-state index in [1.807, 2.05) is 12.1 Å². The van der Waals surface area contributed by atoms with E-state index in [1.165, 1.54) is 17.0 Å². The molecule has 1 heterocycles. The van der Waals surface area contributed by atoms with Gasteiger partial charge in [-0.3, -0.25) is 4.90 Å². The maximum absolute atomic E-state index is 13.7. The Bertz CT molecular complexity index is 804. The first-order chi connectivity index (χ1) is 11.0. The molecule has 1 saturated heterocycles. The Morgan fingerprint density at radius 1 is 1.17 bits per heavy atom. The van der Waals surface area contributed by atoms with Crippen LogP contribution >= 0.6 is 23.8 Å². The zero-order valence-electron chi connectivity index (χ0n) is 11.9. The third-order valence-corrected chi connectivity index (χ3v) is 4.11. The lowest BCUT2D eigenvalue weighted by Gasteiger charge is -2.14. The predicted molar refractivity (Wildman–Crippen MR) is 92.5 cm³/mol. The fourth-order valence-electron chi connectivity index (χ4n) is 2.24. The minimum Gasteiger partial charge on any atom is -0.305 e. The normalized spacial score (nSPS) is 16.1. The lowest BCUT2D eigenvalue weighted by atomic mass is 10.2. The van der Waals surface area contributed by atoms with E-state index >= 15 is 0 Å². The number of carbonyl (C=O) groups is 1. The van der Waals surface area contributed by atoms with E-state index < -0.39 is 0 Å². The third kappa shape index (κ3) is 3.41. The van der Waals surface area contributed by atoms with Gasteiger partial charge in [0.1, 0.15) is 10.8 Å². The quantitative estimate of drug-likeness (QED) is 0.661. The van der Waals surface area contributed by atoms with Crippen LogP contribution in [0.15, 0.2) is 54.2 Å². The average molecular weight is 347 g/mol. The van der Waals surface area contributed by atoms with Gasteiger partial charge in [-0.05, 0) is 29.8 Å². The number of nitrogens with one attached hydrogen (secondary N) is 1. The number of urea groups is 1. The largest absolute Gasteiger partial charge is 0.327 e. The van der Waals surface area contributed by atoms with E-state index in [2.05, 4.69) is 5.32 Å². The number of halogens is 2.